The lowest BCUT2D eigenvalue weighted by Gasteiger charge is -2.25. The summed E-state index contributed by atoms with van der Waals surface area (Å²) in [4.78, 5) is 45.8. The molecule has 2 aromatic carbocycles. The van der Waals surface area contributed by atoms with Crippen LogP contribution in [0.15, 0.2) is 35.3 Å². The first-order chi connectivity index (χ1) is 20.9. The average Bonchev–Trinajstić information content (AvgIpc) is 3.45. The predicted octanol–water partition coefficient (Wildman–Crippen LogP) is 3.15. The Balaban J connectivity index is 1.79. The van der Waals surface area contributed by atoms with Crippen LogP contribution in [0, 0.1) is 0 Å². The third-order valence-electron chi connectivity index (χ3n) is 7.35. The lowest BCUT2D eigenvalue weighted by molar-refractivity contribution is 0.0956. The molecule has 4 rings (SSSR count). The SMILES string of the molecule is NCCCCCNc1c2c(c(NCCCCCN)c3sc(C(=O)NCCCN=C(N)N)cc13)C(=O)c1ccccc1C2=O. The van der Waals surface area contributed by atoms with Gasteiger partial charge in [-0.15, -0.1) is 11.3 Å². The molecule has 12 heteroatoms. The largest absolute Gasteiger partial charge is 0.384 e. The molecule has 1 aliphatic rings. The highest BCUT2D eigenvalue weighted by Gasteiger charge is 2.36. The molecule has 0 saturated carbocycles. The molecule has 1 heterocycles. The zero-order valence-corrected chi connectivity index (χ0v) is 25.3. The van der Waals surface area contributed by atoms with Gasteiger partial charge in [-0.1, -0.05) is 37.1 Å². The number of nitrogens with one attached hydrogen (secondary N) is 3. The molecule has 11 nitrogen and oxygen atoms in total. The fraction of sp³-hybridized carbons (Fsp3) is 0.419. The van der Waals surface area contributed by atoms with Crippen LogP contribution in [0.1, 0.15) is 86.5 Å². The summed E-state index contributed by atoms with van der Waals surface area (Å²) in [6, 6.07) is 8.74. The van der Waals surface area contributed by atoms with Gasteiger partial charge in [-0.05, 0) is 51.3 Å². The number of guanidine groups is 1. The number of nitrogens with zero attached hydrogens (tertiary/aromatic N) is 1. The highest BCUT2D eigenvalue weighted by Crippen LogP contribution is 2.46. The van der Waals surface area contributed by atoms with Crippen molar-refractivity contribution in [2.45, 2.75) is 44.9 Å². The van der Waals surface area contributed by atoms with Gasteiger partial charge in [-0.25, -0.2) is 0 Å². The van der Waals surface area contributed by atoms with Gasteiger partial charge in [0, 0.05) is 42.7 Å². The van der Waals surface area contributed by atoms with Crippen molar-refractivity contribution in [1.29, 1.82) is 0 Å². The molecule has 1 amide bonds. The minimum absolute atomic E-state index is 0.0113. The number of carbonyl (C=O) groups excluding carboxylic acids is 3. The molecule has 1 aliphatic carbocycles. The lowest BCUT2D eigenvalue weighted by Crippen LogP contribution is -2.25. The van der Waals surface area contributed by atoms with Crippen molar-refractivity contribution >= 4 is 56.2 Å². The first kappa shape index (κ1) is 31.9. The summed E-state index contributed by atoms with van der Waals surface area (Å²) < 4.78 is 0.758. The summed E-state index contributed by atoms with van der Waals surface area (Å²) in [6.07, 6.45) is 5.95. The maximum atomic E-state index is 14.1. The maximum Gasteiger partial charge on any atom is 0.261 e. The number of amides is 1. The molecule has 11 N–H and O–H groups in total. The fourth-order valence-electron chi connectivity index (χ4n) is 5.22. The normalized spacial score (nSPS) is 12.1. The number of benzene rings is 2. The molecule has 0 spiro atoms. The molecular formula is C31H42N8O3S. The van der Waals surface area contributed by atoms with Crippen LogP contribution >= 0.6 is 11.3 Å². The Kier molecular flexibility index (Phi) is 11.5. The zero-order valence-electron chi connectivity index (χ0n) is 24.5. The van der Waals surface area contributed by atoms with Crippen LogP contribution in [0.4, 0.5) is 11.4 Å². The van der Waals surface area contributed by atoms with E-state index in [0.717, 1.165) is 48.6 Å². The van der Waals surface area contributed by atoms with Crippen LogP contribution in [0.3, 0.4) is 0 Å². The third kappa shape index (κ3) is 7.51. The Morgan fingerprint density at radius 3 is 1.93 bits per heavy atom. The topological polar surface area (TPSA) is 204 Å². The quantitative estimate of drug-likeness (QED) is 0.0407. The van der Waals surface area contributed by atoms with Gasteiger partial charge in [0.15, 0.2) is 17.5 Å². The molecule has 0 aliphatic heterocycles. The van der Waals surface area contributed by atoms with Crippen molar-refractivity contribution in [3.8, 4) is 0 Å². The first-order valence-corrected chi connectivity index (χ1v) is 15.7. The summed E-state index contributed by atoms with van der Waals surface area (Å²) >= 11 is 1.31. The number of ketones is 2. The van der Waals surface area contributed by atoms with Crippen molar-refractivity contribution in [2.75, 3.05) is 49.9 Å². The number of anilines is 2. The van der Waals surface area contributed by atoms with Crippen LogP contribution in [0.2, 0.25) is 0 Å². The van der Waals surface area contributed by atoms with E-state index in [0.29, 0.717) is 84.2 Å². The van der Waals surface area contributed by atoms with E-state index in [-0.39, 0.29) is 23.4 Å². The van der Waals surface area contributed by atoms with Gasteiger partial charge in [-0.3, -0.25) is 19.4 Å². The Bertz CT molecular complexity index is 1410. The number of fused-ring (bicyclic) bond motifs is 3. The zero-order chi connectivity index (χ0) is 30.8. The summed E-state index contributed by atoms with van der Waals surface area (Å²) in [5.41, 5.74) is 24.8. The molecule has 230 valence electrons. The van der Waals surface area contributed by atoms with E-state index >= 15 is 0 Å². The fourth-order valence-corrected chi connectivity index (χ4v) is 6.33. The number of unbranched alkanes of at least 4 members (excludes halogenated alkanes) is 4. The van der Waals surface area contributed by atoms with E-state index in [9.17, 15) is 14.4 Å². The Hall–Kier alpha value is -4.00. The van der Waals surface area contributed by atoms with Crippen molar-refractivity contribution < 1.29 is 14.4 Å². The highest BCUT2D eigenvalue weighted by atomic mass is 32.1. The van der Waals surface area contributed by atoms with Crippen LogP contribution < -0.4 is 38.9 Å². The van der Waals surface area contributed by atoms with E-state index in [1.165, 1.54) is 11.3 Å². The molecule has 0 fully saturated rings. The van der Waals surface area contributed by atoms with E-state index in [4.69, 9.17) is 22.9 Å². The van der Waals surface area contributed by atoms with E-state index in [1.807, 2.05) is 6.07 Å². The van der Waals surface area contributed by atoms with Crippen LogP contribution in [-0.4, -0.2) is 62.7 Å². The third-order valence-corrected chi connectivity index (χ3v) is 8.50. The Morgan fingerprint density at radius 2 is 1.35 bits per heavy atom. The van der Waals surface area contributed by atoms with Crippen LogP contribution in [-0.2, 0) is 0 Å². The maximum absolute atomic E-state index is 14.1. The monoisotopic (exact) mass is 606 g/mol. The smallest absolute Gasteiger partial charge is 0.261 e. The van der Waals surface area contributed by atoms with Crippen LogP contribution in [0.5, 0.6) is 0 Å². The number of carbonyl (C=O) groups is 3. The van der Waals surface area contributed by atoms with Gasteiger partial charge in [0.25, 0.3) is 5.91 Å². The van der Waals surface area contributed by atoms with Gasteiger partial charge in [-0.2, -0.15) is 0 Å². The molecule has 0 unspecified atom stereocenters. The van der Waals surface area contributed by atoms with E-state index < -0.39 is 0 Å². The van der Waals surface area contributed by atoms with Crippen molar-refractivity contribution in [3.05, 3.63) is 57.5 Å². The molecule has 0 bridgehead atoms. The summed E-state index contributed by atoms with van der Waals surface area (Å²) in [5.74, 6) is -0.647. The van der Waals surface area contributed by atoms with Gasteiger partial charge < -0.3 is 38.9 Å². The number of aliphatic imine (C=N–C) groups is 1. The van der Waals surface area contributed by atoms with E-state index in [1.54, 1.807) is 24.3 Å². The van der Waals surface area contributed by atoms with Crippen molar-refractivity contribution in [3.63, 3.8) is 0 Å². The number of thiophene rings is 1. The Morgan fingerprint density at radius 1 is 0.767 bits per heavy atom. The second-order valence-corrected chi connectivity index (χ2v) is 11.6. The number of hydrogen-bond donors (Lipinski definition) is 7. The molecule has 0 atom stereocenters. The highest BCUT2D eigenvalue weighted by molar-refractivity contribution is 7.21. The molecule has 43 heavy (non-hydrogen) atoms. The van der Waals surface area contributed by atoms with Gasteiger partial charge in [0.05, 0.1) is 32.1 Å². The van der Waals surface area contributed by atoms with Crippen LogP contribution in [0.25, 0.3) is 10.1 Å². The summed E-state index contributed by atoms with van der Waals surface area (Å²) in [5, 5.41) is 10.6. The second-order valence-electron chi connectivity index (χ2n) is 10.5. The van der Waals surface area contributed by atoms with Crippen molar-refractivity contribution in [1.82, 2.24) is 5.32 Å². The molecule has 0 saturated heterocycles. The minimum Gasteiger partial charge on any atom is -0.384 e. The molecule has 0 radical (unpaired) electrons. The second kappa shape index (κ2) is 15.5. The summed E-state index contributed by atoms with van der Waals surface area (Å²) in [7, 11) is 0. The molecule has 3 aromatic rings. The first-order valence-electron chi connectivity index (χ1n) is 14.9. The number of rotatable bonds is 17. The average molecular weight is 607 g/mol. The van der Waals surface area contributed by atoms with E-state index in [2.05, 4.69) is 20.9 Å². The predicted molar refractivity (Wildman–Crippen MR) is 176 cm³/mol. The lowest BCUT2D eigenvalue weighted by atomic mass is 9.81. The van der Waals surface area contributed by atoms with Gasteiger partial charge in [0.1, 0.15) is 0 Å². The standard InChI is InChI=1S/C31H42N8O3S/c32-12-5-1-7-14-36-25-21-18-22(30(42)38-16-9-17-39-31(34)35)43-29(21)26(37-15-8-2-6-13-33)24-23(25)27(40)19-10-3-4-11-20(19)28(24)41/h3-4,10-11,18,36-37H,1-2,5-9,12-17,32-33H2,(H,38,42)(H4,34,35,39). The van der Waals surface area contributed by atoms with Gasteiger partial charge in [0.2, 0.25) is 0 Å². The van der Waals surface area contributed by atoms with Gasteiger partial charge >= 0.3 is 0 Å². The Labute approximate surface area is 255 Å². The van der Waals surface area contributed by atoms with Crippen molar-refractivity contribution in [2.24, 2.45) is 27.9 Å². The molecular weight excluding hydrogens is 564 g/mol. The molecule has 1 aromatic heterocycles. The summed E-state index contributed by atoms with van der Waals surface area (Å²) in [6.45, 7) is 3.22. The number of nitrogens with two attached hydrogens (primary N) is 4. The minimum atomic E-state index is -0.243. The number of hydrogen-bond acceptors (Lipinski definition) is 9.